The lowest BCUT2D eigenvalue weighted by Gasteiger charge is -2.41. The van der Waals surface area contributed by atoms with Crippen molar-refractivity contribution in [1.29, 1.82) is 0 Å². The van der Waals surface area contributed by atoms with E-state index in [4.69, 9.17) is 19.2 Å². The number of nitrogens with zero attached hydrogens (tertiary/aromatic N) is 2. The van der Waals surface area contributed by atoms with Gasteiger partial charge in [0.15, 0.2) is 6.10 Å². The van der Waals surface area contributed by atoms with E-state index in [1.165, 1.54) is 0 Å². The number of aromatic nitrogens is 1. The number of anilines is 1. The lowest BCUT2D eigenvalue weighted by molar-refractivity contribution is -0.166. The molecule has 0 amide bonds. The van der Waals surface area contributed by atoms with Gasteiger partial charge in [-0.25, -0.2) is 9.59 Å². The summed E-state index contributed by atoms with van der Waals surface area (Å²) in [5.74, 6) is -0.804. The largest absolute Gasteiger partial charge is 0.464 e. The zero-order valence-corrected chi connectivity index (χ0v) is 27.0. The first-order valence-corrected chi connectivity index (χ1v) is 15.2. The number of benzene rings is 2. The van der Waals surface area contributed by atoms with Crippen molar-refractivity contribution in [2.75, 3.05) is 24.6 Å². The zero-order valence-electron chi connectivity index (χ0n) is 27.0. The molecule has 0 saturated carbocycles. The second-order valence-corrected chi connectivity index (χ2v) is 13.1. The van der Waals surface area contributed by atoms with E-state index in [0.29, 0.717) is 5.56 Å². The highest BCUT2D eigenvalue weighted by atomic mass is 16.6. The number of piperidine rings is 1. The summed E-state index contributed by atoms with van der Waals surface area (Å²) in [4.78, 5) is 33.7. The first-order valence-electron chi connectivity index (χ1n) is 15.2. The van der Waals surface area contributed by atoms with Gasteiger partial charge in [-0.15, -0.1) is 0 Å². The number of aryl methyl sites for hydroxylation is 2. The molecule has 230 valence electrons. The summed E-state index contributed by atoms with van der Waals surface area (Å²) in [5.41, 5.74) is 6.14. The minimum absolute atomic E-state index is 0.213. The van der Waals surface area contributed by atoms with Gasteiger partial charge >= 0.3 is 11.9 Å². The SMILES string of the molecule is CCOC(=O)[C@@H](OC(C)(C)C)c1c(C)nc(C)c(-c2ccc(C(=O)OCc3ccccc3)cc2)c1N1CCC(C)(C)CC1. The monoisotopic (exact) mass is 586 g/mol. The molecule has 7 heteroatoms. The second kappa shape index (κ2) is 13.3. The Kier molecular flexibility index (Phi) is 9.96. The number of hydrogen-bond acceptors (Lipinski definition) is 7. The molecule has 0 spiro atoms. The van der Waals surface area contributed by atoms with Crippen LogP contribution in [0.3, 0.4) is 0 Å². The van der Waals surface area contributed by atoms with E-state index in [0.717, 1.165) is 65.3 Å². The Morgan fingerprint density at radius 2 is 1.56 bits per heavy atom. The molecule has 1 atom stereocenters. The van der Waals surface area contributed by atoms with Crippen LogP contribution in [0, 0.1) is 19.3 Å². The highest BCUT2D eigenvalue weighted by Gasteiger charge is 2.37. The van der Waals surface area contributed by atoms with Crippen LogP contribution in [-0.2, 0) is 25.6 Å². The standard InChI is InChI=1S/C36H46N2O5/c1-9-41-34(40)32(43-35(4,5)6)30-25(3)37-24(2)29(31(30)38-21-19-36(7,8)20-22-38)27-15-17-28(18-16-27)33(39)42-23-26-13-11-10-12-14-26/h10-18,32H,9,19-23H2,1-8H3/t32-/m0/s1. The molecule has 1 saturated heterocycles. The van der Waals surface area contributed by atoms with Crippen molar-refractivity contribution in [3.8, 4) is 11.1 Å². The summed E-state index contributed by atoms with van der Waals surface area (Å²) in [7, 11) is 0. The van der Waals surface area contributed by atoms with Crippen molar-refractivity contribution in [1.82, 2.24) is 4.98 Å². The van der Waals surface area contributed by atoms with Crippen LogP contribution in [0.2, 0.25) is 0 Å². The molecule has 0 N–H and O–H groups in total. The van der Waals surface area contributed by atoms with Crippen LogP contribution in [0.25, 0.3) is 11.1 Å². The van der Waals surface area contributed by atoms with Crippen LogP contribution in [0.5, 0.6) is 0 Å². The van der Waals surface area contributed by atoms with E-state index < -0.39 is 17.7 Å². The predicted molar refractivity (Wildman–Crippen MR) is 170 cm³/mol. The minimum Gasteiger partial charge on any atom is -0.464 e. The third-order valence-corrected chi connectivity index (χ3v) is 7.87. The Balaban J connectivity index is 1.79. The van der Waals surface area contributed by atoms with Gasteiger partial charge in [0.25, 0.3) is 0 Å². The van der Waals surface area contributed by atoms with Crippen LogP contribution >= 0.6 is 0 Å². The molecule has 1 aliphatic heterocycles. The number of carbonyl (C=O) groups is 2. The zero-order chi connectivity index (χ0) is 31.4. The predicted octanol–water partition coefficient (Wildman–Crippen LogP) is 7.77. The highest BCUT2D eigenvalue weighted by Crippen LogP contribution is 2.45. The molecule has 0 aliphatic carbocycles. The van der Waals surface area contributed by atoms with E-state index in [-0.39, 0.29) is 24.6 Å². The molecule has 1 aliphatic rings. The van der Waals surface area contributed by atoms with Crippen LogP contribution < -0.4 is 4.90 Å². The Bertz CT molecular complexity index is 1410. The Hall–Kier alpha value is -3.71. The van der Waals surface area contributed by atoms with Gasteiger partial charge in [0.1, 0.15) is 6.61 Å². The van der Waals surface area contributed by atoms with Gasteiger partial charge in [0, 0.05) is 35.6 Å². The van der Waals surface area contributed by atoms with Crippen molar-refractivity contribution in [2.45, 2.75) is 86.5 Å². The topological polar surface area (TPSA) is 78.0 Å². The van der Waals surface area contributed by atoms with Crippen molar-refractivity contribution in [3.05, 3.63) is 82.7 Å². The van der Waals surface area contributed by atoms with Gasteiger partial charge in [-0.05, 0) is 83.1 Å². The van der Waals surface area contributed by atoms with Gasteiger partial charge < -0.3 is 19.1 Å². The second-order valence-electron chi connectivity index (χ2n) is 13.1. The average molecular weight is 587 g/mol. The molecule has 0 unspecified atom stereocenters. The first-order chi connectivity index (χ1) is 20.3. The summed E-state index contributed by atoms with van der Waals surface area (Å²) < 4.78 is 17.5. The van der Waals surface area contributed by atoms with Gasteiger partial charge in [-0.2, -0.15) is 0 Å². The average Bonchev–Trinajstić information content (AvgIpc) is 2.95. The number of rotatable bonds is 9. The summed E-state index contributed by atoms with van der Waals surface area (Å²) in [6, 6.07) is 17.1. The molecular weight excluding hydrogens is 540 g/mol. The number of carbonyl (C=O) groups excluding carboxylic acids is 2. The summed E-state index contributed by atoms with van der Waals surface area (Å²) >= 11 is 0. The molecule has 1 aromatic heterocycles. The van der Waals surface area contributed by atoms with Crippen molar-refractivity contribution < 1.29 is 23.8 Å². The molecule has 2 aromatic carbocycles. The fourth-order valence-corrected chi connectivity index (χ4v) is 5.54. The lowest BCUT2D eigenvalue weighted by Crippen LogP contribution is -2.39. The Labute approximate surface area is 256 Å². The van der Waals surface area contributed by atoms with Gasteiger partial charge in [0.05, 0.1) is 23.5 Å². The molecule has 2 heterocycles. The highest BCUT2D eigenvalue weighted by molar-refractivity contribution is 5.92. The molecule has 3 aromatic rings. The summed E-state index contributed by atoms with van der Waals surface area (Å²) in [6.07, 6.45) is 1.09. The third-order valence-electron chi connectivity index (χ3n) is 7.87. The molecule has 0 radical (unpaired) electrons. The normalized spacial score (nSPS) is 15.6. The van der Waals surface area contributed by atoms with Crippen molar-refractivity contribution in [2.24, 2.45) is 5.41 Å². The smallest absolute Gasteiger partial charge is 0.340 e. The van der Waals surface area contributed by atoms with E-state index in [1.54, 1.807) is 19.1 Å². The number of ether oxygens (including phenoxy) is 3. The van der Waals surface area contributed by atoms with Gasteiger partial charge in [-0.3, -0.25) is 4.98 Å². The van der Waals surface area contributed by atoms with E-state index in [2.05, 4.69) is 18.7 Å². The maximum absolute atomic E-state index is 13.5. The van der Waals surface area contributed by atoms with E-state index in [1.807, 2.05) is 77.1 Å². The quantitative estimate of drug-likeness (QED) is 0.237. The molecule has 7 nitrogen and oxygen atoms in total. The summed E-state index contributed by atoms with van der Waals surface area (Å²) in [6.45, 7) is 18.3. The van der Waals surface area contributed by atoms with Gasteiger partial charge in [0.2, 0.25) is 0 Å². The number of pyridine rings is 1. The molecule has 4 rings (SSSR count). The first kappa shape index (κ1) is 32.2. The number of hydrogen-bond donors (Lipinski definition) is 0. The van der Waals surface area contributed by atoms with E-state index in [9.17, 15) is 9.59 Å². The number of esters is 2. The van der Waals surface area contributed by atoms with E-state index >= 15 is 0 Å². The Morgan fingerprint density at radius 1 is 0.930 bits per heavy atom. The molecule has 0 bridgehead atoms. The summed E-state index contributed by atoms with van der Waals surface area (Å²) in [5, 5.41) is 0. The van der Waals surface area contributed by atoms with Crippen LogP contribution in [0.15, 0.2) is 54.6 Å². The lowest BCUT2D eigenvalue weighted by atomic mass is 9.81. The minimum atomic E-state index is -0.941. The Morgan fingerprint density at radius 3 is 2.14 bits per heavy atom. The molecular formula is C36H46N2O5. The van der Waals surface area contributed by atoms with Crippen LogP contribution in [0.4, 0.5) is 5.69 Å². The van der Waals surface area contributed by atoms with Crippen molar-refractivity contribution >= 4 is 17.6 Å². The maximum atomic E-state index is 13.5. The van der Waals surface area contributed by atoms with Gasteiger partial charge in [-0.1, -0.05) is 56.3 Å². The molecule has 43 heavy (non-hydrogen) atoms. The fraction of sp³-hybridized carbons (Fsp3) is 0.472. The van der Waals surface area contributed by atoms with Crippen LogP contribution in [-0.4, -0.2) is 42.2 Å². The fourth-order valence-electron chi connectivity index (χ4n) is 5.54. The van der Waals surface area contributed by atoms with Crippen LogP contribution in [0.1, 0.15) is 93.4 Å². The van der Waals surface area contributed by atoms with Crippen molar-refractivity contribution in [3.63, 3.8) is 0 Å². The molecule has 1 fully saturated rings. The maximum Gasteiger partial charge on any atom is 0.340 e. The third kappa shape index (κ3) is 8.02.